The maximum absolute atomic E-state index is 12.7. The van der Waals surface area contributed by atoms with Crippen LogP contribution in [0.15, 0.2) is 54.7 Å². The van der Waals surface area contributed by atoms with Crippen LogP contribution >= 0.6 is 0 Å². The third-order valence-corrected chi connectivity index (χ3v) is 6.50. The smallest absolute Gasteiger partial charge is 0.318 e. The third kappa shape index (κ3) is 6.16. The normalized spacial score (nSPS) is 14.4. The highest BCUT2D eigenvalue weighted by Crippen LogP contribution is 2.20. The molecule has 1 aromatic heterocycles. The lowest BCUT2D eigenvalue weighted by Crippen LogP contribution is -2.55. The number of carbonyl (C=O) groups is 3. The average molecular weight is 492 g/mol. The first-order valence-electron chi connectivity index (χ1n) is 12.3. The van der Waals surface area contributed by atoms with E-state index in [1.165, 1.54) is 10.9 Å². The first-order chi connectivity index (χ1) is 17.4. The van der Waals surface area contributed by atoms with E-state index in [2.05, 4.69) is 21.7 Å². The Morgan fingerprint density at radius 2 is 1.78 bits per heavy atom. The van der Waals surface area contributed by atoms with E-state index >= 15 is 0 Å². The minimum atomic E-state index is -0.715. The van der Waals surface area contributed by atoms with Crippen LogP contribution in [0.4, 0.5) is 10.5 Å². The first kappa shape index (κ1) is 25.1. The molecule has 0 saturated carbocycles. The summed E-state index contributed by atoms with van der Waals surface area (Å²) in [6.45, 7) is 3.49. The van der Waals surface area contributed by atoms with E-state index in [0.29, 0.717) is 44.0 Å². The van der Waals surface area contributed by atoms with Gasteiger partial charge in [-0.05, 0) is 43.5 Å². The average Bonchev–Trinajstić information content (AvgIpc) is 3.31. The second kappa shape index (κ2) is 11.6. The predicted molar refractivity (Wildman–Crippen MR) is 139 cm³/mol. The molecule has 3 N–H and O–H groups in total. The van der Waals surface area contributed by atoms with Crippen molar-refractivity contribution in [2.24, 2.45) is 0 Å². The molecule has 36 heavy (non-hydrogen) atoms. The van der Waals surface area contributed by atoms with Gasteiger partial charge in [0.25, 0.3) is 0 Å². The number of aromatic nitrogens is 1. The molecule has 1 aliphatic rings. The zero-order valence-electron chi connectivity index (χ0n) is 20.8. The van der Waals surface area contributed by atoms with Crippen LogP contribution in [0.2, 0.25) is 0 Å². The maximum atomic E-state index is 12.7. The molecule has 9 nitrogen and oxygen atoms in total. The number of ether oxygens (including phenoxy) is 1. The van der Waals surface area contributed by atoms with Gasteiger partial charge in [0.05, 0.1) is 7.11 Å². The number of nitrogens with one attached hydrogen (secondary N) is 3. The SMILES string of the molecule is COc1cccc(NC(=O)C(C)NC(=O)N2CCN(C(=O)CCCc3c[nH]c4ccccc34)CC2)c1. The molecule has 4 rings (SSSR count). The Hall–Kier alpha value is -4.01. The molecule has 1 atom stereocenters. The van der Waals surface area contributed by atoms with Crippen molar-refractivity contribution in [1.82, 2.24) is 20.1 Å². The minimum Gasteiger partial charge on any atom is -0.497 e. The fraction of sp³-hybridized carbons (Fsp3) is 0.370. The number of urea groups is 1. The predicted octanol–water partition coefficient (Wildman–Crippen LogP) is 3.38. The Kier molecular flexibility index (Phi) is 8.10. The molecule has 190 valence electrons. The van der Waals surface area contributed by atoms with Crippen LogP contribution in [0, 0.1) is 0 Å². The highest BCUT2D eigenvalue weighted by atomic mass is 16.5. The fourth-order valence-corrected chi connectivity index (χ4v) is 4.38. The van der Waals surface area contributed by atoms with Gasteiger partial charge in [0, 0.05) is 61.5 Å². The lowest BCUT2D eigenvalue weighted by molar-refractivity contribution is -0.132. The van der Waals surface area contributed by atoms with Crippen molar-refractivity contribution in [2.75, 3.05) is 38.6 Å². The summed E-state index contributed by atoms with van der Waals surface area (Å²) in [6, 6.07) is 14.2. The molecule has 1 unspecified atom stereocenters. The van der Waals surface area contributed by atoms with Crippen molar-refractivity contribution >= 4 is 34.4 Å². The minimum absolute atomic E-state index is 0.112. The highest BCUT2D eigenvalue weighted by Gasteiger charge is 2.26. The lowest BCUT2D eigenvalue weighted by atomic mass is 10.1. The van der Waals surface area contributed by atoms with Crippen LogP contribution in [0.3, 0.4) is 0 Å². The van der Waals surface area contributed by atoms with E-state index in [4.69, 9.17) is 4.74 Å². The monoisotopic (exact) mass is 491 g/mol. The van der Waals surface area contributed by atoms with Crippen LogP contribution in [-0.4, -0.2) is 72.0 Å². The number of aryl methyl sites for hydroxylation is 1. The molecule has 4 amide bonds. The number of hydrogen-bond acceptors (Lipinski definition) is 4. The largest absolute Gasteiger partial charge is 0.497 e. The Balaban J connectivity index is 1.18. The van der Waals surface area contributed by atoms with Crippen molar-refractivity contribution in [3.05, 3.63) is 60.3 Å². The molecule has 2 heterocycles. The number of benzene rings is 2. The van der Waals surface area contributed by atoms with Crippen molar-refractivity contribution in [2.45, 2.75) is 32.2 Å². The van der Waals surface area contributed by atoms with E-state index in [0.717, 1.165) is 18.4 Å². The summed E-state index contributed by atoms with van der Waals surface area (Å²) in [5.74, 6) is 0.427. The summed E-state index contributed by atoms with van der Waals surface area (Å²) in [6.07, 6.45) is 4.12. The zero-order valence-corrected chi connectivity index (χ0v) is 20.8. The van der Waals surface area contributed by atoms with Crippen molar-refractivity contribution in [1.29, 1.82) is 0 Å². The number of piperazine rings is 1. The maximum Gasteiger partial charge on any atom is 0.318 e. The molecule has 0 aliphatic carbocycles. The third-order valence-electron chi connectivity index (χ3n) is 6.50. The number of para-hydroxylation sites is 1. The van der Waals surface area contributed by atoms with Gasteiger partial charge in [-0.15, -0.1) is 0 Å². The zero-order chi connectivity index (χ0) is 25.5. The summed E-state index contributed by atoms with van der Waals surface area (Å²) in [4.78, 5) is 44.6. The first-order valence-corrected chi connectivity index (χ1v) is 12.3. The van der Waals surface area contributed by atoms with Crippen molar-refractivity contribution in [3.8, 4) is 5.75 Å². The molecule has 0 spiro atoms. The Labute approximate surface area is 210 Å². The molecule has 1 fully saturated rings. The summed E-state index contributed by atoms with van der Waals surface area (Å²) in [7, 11) is 1.56. The van der Waals surface area contributed by atoms with Gasteiger partial charge in [-0.25, -0.2) is 4.79 Å². The number of aromatic amines is 1. The van der Waals surface area contributed by atoms with Gasteiger partial charge >= 0.3 is 6.03 Å². The number of hydrogen-bond donors (Lipinski definition) is 3. The van der Waals surface area contributed by atoms with Gasteiger partial charge in [-0.2, -0.15) is 0 Å². The van der Waals surface area contributed by atoms with Crippen molar-refractivity contribution < 1.29 is 19.1 Å². The van der Waals surface area contributed by atoms with Gasteiger partial charge in [0.15, 0.2) is 0 Å². The van der Waals surface area contributed by atoms with Gasteiger partial charge < -0.3 is 30.2 Å². The molecular weight excluding hydrogens is 458 g/mol. The number of carbonyl (C=O) groups excluding carboxylic acids is 3. The van der Waals surface area contributed by atoms with Gasteiger partial charge in [0.1, 0.15) is 11.8 Å². The quantitative estimate of drug-likeness (QED) is 0.449. The summed E-state index contributed by atoms with van der Waals surface area (Å²) in [5.41, 5.74) is 2.93. The second-order valence-corrected chi connectivity index (χ2v) is 8.97. The molecule has 2 aromatic carbocycles. The van der Waals surface area contributed by atoms with Crippen LogP contribution in [0.1, 0.15) is 25.3 Å². The van der Waals surface area contributed by atoms with E-state index < -0.39 is 6.04 Å². The fourth-order valence-electron chi connectivity index (χ4n) is 4.38. The highest BCUT2D eigenvalue weighted by molar-refractivity contribution is 5.96. The molecule has 0 bridgehead atoms. The van der Waals surface area contributed by atoms with Crippen LogP contribution in [0.25, 0.3) is 10.9 Å². The van der Waals surface area contributed by atoms with Gasteiger partial charge in [-0.1, -0.05) is 24.3 Å². The Morgan fingerprint density at radius 1 is 1.03 bits per heavy atom. The van der Waals surface area contributed by atoms with Crippen LogP contribution < -0.4 is 15.4 Å². The summed E-state index contributed by atoms with van der Waals surface area (Å²) < 4.78 is 5.16. The number of amides is 4. The van der Waals surface area contributed by atoms with E-state index in [9.17, 15) is 14.4 Å². The number of rotatable bonds is 8. The second-order valence-electron chi connectivity index (χ2n) is 8.97. The Bertz CT molecular complexity index is 1220. The summed E-state index contributed by atoms with van der Waals surface area (Å²) >= 11 is 0. The number of H-pyrrole nitrogens is 1. The van der Waals surface area contributed by atoms with Gasteiger partial charge in [0.2, 0.25) is 11.8 Å². The van der Waals surface area contributed by atoms with Crippen LogP contribution in [0.5, 0.6) is 5.75 Å². The molecule has 1 saturated heterocycles. The molecule has 3 aromatic rings. The Morgan fingerprint density at radius 3 is 2.56 bits per heavy atom. The molecule has 0 radical (unpaired) electrons. The lowest BCUT2D eigenvalue weighted by Gasteiger charge is -2.35. The number of anilines is 1. The molecule has 9 heteroatoms. The van der Waals surface area contributed by atoms with Gasteiger partial charge in [-0.3, -0.25) is 9.59 Å². The van der Waals surface area contributed by atoms with E-state index in [-0.39, 0.29) is 17.8 Å². The number of nitrogens with zero attached hydrogens (tertiary/aromatic N) is 2. The molecular formula is C27H33N5O4. The topological polar surface area (TPSA) is 107 Å². The number of methoxy groups -OCH3 is 1. The summed E-state index contributed by atoms with van der Waals surface area (Å²) in [5, 5.41) is 6.73. The van der Waals surface area contributed by atoms with E-state index in [1.54, 1.807) is 43.2 Å². The van der Waals surface area contributed by atoms with Crippen molar-refractivity contribution in [3.63, 3.8) is 0 Å². The molecule has 1 aliphatic heterocycles. The van der Waals surface area contributed by atoms with Crippen LogP contribution in [-0.2, 0) is 16.0 Å². The number of fused-ring (bicyclic) bond motifs is 1. The van der Waals surface area contributed by atoms with E-state index in [1.807, 2.05) is 29.3 Å². The standard InChI is InChI=1S/C27H33N5O4/c1-19(26(34)30-21-8-6-9-22(17-21)36-2)29-27(35)32-15-13-31(14-16-32)25(33)12-5-7-20-18-28-24-11-4-3-10-23(20)24/h3-4,6,8-11,17-19,28H,5,7,12-16H2,1-2H3,(H,29,35)(H,30,34).